The maximum Gasteiger partial charge on any atom is 0.245 e. The topological polar surface area (TPSA) is 123 Å². The van der Waals surface area contributed by atoms with Crippen LogP contribution < -0.4 is 10.6 Å². The van der Waals surface area contributed by atoms with Gasteiger partial charge in [-0.3, -0.25) is 9.67 Å². The second kappa shape index (κ2) is 8.86. The van der Waals surface area contributed by atoms with Crippen LogP contribution in [0.25, 0.3) is 22.2 Å². The summed E-state index contributed by atoms with van der Waals surface area (Å²) >= 11 is 0. The van der Waals surface area contributed by atoms with Gasteiger partial charge in [0.05, 0.1) is 11.4 Å². The van der Waals surface area contributed by atoms with Gasteiger partial charge in [0.25, 0.3) is 0 Å². The highest BCUT2D eigenvalue weighted by atomic mass is 32.2. The maximum absolute atomic E-state index is 13.4. The van der Waals surface area contributed by atoms with Crippen LogP contribution in [0.2, 0.25) is 0 Å². The lowest BCUT2D eigenvalue weighted by atomic mass is 10.0. The van der Waals surface area contributed by atoms with Crippen molar-refractivity contribution in [3.63, 3.8) is 0 Å². The number of halogens is 1. The van der Waals surface area contributed by atoms with Gasteiger partial charge in [-0.1, -0.05) is 0 Å². The molecule has 0 atom stereocenters. The fraction of sp³-hybridized carbons (Fsp3) is 0.304. The molecule has 0 radical (unpaired) electrons. The molecule has 12 heteroatoms. The first-order valence-electron chi connectivity index (χ1n) is 11.1. The number of anilines is 2. The normalized spacial score (nSPS) is 15.5. The second-order valence-corrected chi connectivity index (χ2v) is 10.5. The number of hydrogen-bond acceptors (Lipinski definition) is 8. The minimum atomic E-state index is -3.81. The number of sulfonamides is 1. The molecule has 1 saturated heterocycles. The molecule has 2 N–H and O–H groups in total. The van der Waals surface area contributed by atoms with Crippen LogP contribution in [0.3, 0.4) is 0 Å². The number of nitrogens with zero attached hydrogens (tertiary/aromatic N) is 7. The van der Waals surface area contributed by atoms with E-state index in [2.05, 4.69) is 25.2 Å². The van der Waals surface area contributed by atoms with Crippen molar-refractivity contribution in [3.8, 4) is 11.4 Å². The molecule has 0 amide bonds. The quantitative estimate of drug-likeness (QED) is 0.418. The zero-order chi connectivity index (χ0) is 24.7. The first-order valence-corrected chi connectivity index (χ1v) is 12.6. The van der Waals surface area contributed by atoms with Crippen LogP contribution in [0.1, 0.15) is 12.8 Å². The van der Waals surface area contributed by atoms with E-state index in [0.29, 0.717) is 37.4 Å². The Morgan fingerprint density at radius 1 is 1.09 bits per heavy atom. The molecule has 4 aromatic rings. The summed E-state index contributed by atoms with van der Waals surface area (Å²) in [4.78, 5) is 6.27. The van der Waals surface area contributed by atoms with Crippen LogP contribution >= 0.6 is 0 Å². The van der Waals surface area contributed by atoms with E-state index in [9.17, 15) is 12.8 Å². The van der Waals surface area contributed by atoms with E-state index in [0.717, 1.165) is 28.6 Å². The minimum absolute atomic E-state index is 0.0558. The van der Waals surface area contributed by atoms with Gasteiger partial charge in [-0.2, -0.15) is 9.40 Å². The van der Waals surface area contributed by atoms with Crippen LogP contribution in [0.4, 0.5) is 15.9 Å². The molecule has 1 aliphatic heterocycles. The number of rotatable bonds is 5. The summed E-state index contributed by atoms with van der Waals surface area (Å²) in [6.07, 6.45) is 6.38. The van der Waals surface area contributed by atoms with E-state index < -0.39 is 15.8 Å². The van der Waals surface area contributed by atoms with Gasteiger partial charge < -0.3 is 10.6 Å². The van der Waals surface area contributed by atoms with Crippen LogP contribution in [-0.4, -0.2) is 63.9 Å². The molecule has 0 unspecified atom stereocenters. The van der Waals surface area contributed by atoms with Gasteiger partial charge in [-0.15, -0.1) is 10.2 Å². The number of nitrogens with two attached hydrogens (primary N) is 1. The highest BCUT2D eigenvalue weighted by molar-refractivity contribution is 7.89. The molecule has 1 aromatic carbocycles. The zero-order valence-electron chi connectivity index (χ0n) is 19.3. The molecule has 0 saturated carbocycles. The molecule has 35 heavy (non-hydrogen) atoms. The number of aryl methyl sites for hydroxylation is 1. The first-order chi connectivity index (χ1) is 16.8. The molecule has 0 spiro atoms. The molecule has 1 aliphatic rings. The van der Waals surface area contributed by atoms with Crippen molar-refractivity contribution in [2.45, 2.75) is 23.8 Å². The third kappa shape index (κ3) is 4.08. The van der Waals surface area contributed by atoms with E-state index in [4.69, 9.17) is 5.73 Å². The monoisotopic (exact) mass is 496 g/mol. The van der Waals surface area contributed by atoms with Crippen molar-refractivity contribution < 1.29 is 12.8 Å². The lowest BCUT2D eigenvalue weighted by Gasteiger charge is -2.37. The third-order valence-electron chi connectivity index (χ3n) is 6.52. The molecule has 3 aromatic heterocycles. The van der Waals surface area contributed by atoms with Gasteiger partial charge in [-0.25, -0.2) is 12.8 Å². The number of nitrogen functional groups attached to an aromatic ring is 1. The highest BCUT2D eigenvalue weighted by Gasteiger charge is 2.33. The molecule has 10 nitrogen and oxygen atoms in total. The van der Waals surface area contributed by atoms with Gasteiger partial charge >= 0.3 is 0 Å². The van der Waals surface area contributed by atoms with Crippen LogP contribution in [0.15, 0.2) is 53.8 Å². The molecular weight excluding hydrogens is 471 g/mol. The van der Waals surface area contributed by atoms with Gasteiger partial charge in [0.2, 0.25) is 10.0 Å². The number of piperidine rings is 1. The lowest BCUT2D eigenvalue weighted by molar-refractivity contribution is 0.314. The Labute approximate surface area is 202 Å². The maximum atomic E-state index is 13.4. The Morgan fingerprint density at radius 3 is 2.54 bits per heavy atom. The van der Waals surface area contributed by atoms with Crippen molar-refractivity contribution in [1.29, 1.82) is 0 Å². The van der Waals surface area contributed by atoms with Crippen molar-refractivity contribution in [1.82, 2.24) is 29.3 Å². The SMILES string of the molecule is CN(c1nnc(-c2ccnn2C)c2cnccc12)C1CCN(S(=O)(=O)c2ccc(F)cc2N)CC1. The van der Waals surface area contributed by atoms with Gasteiger partial charge in [0.1, 0.15) is 16.4 Å². The van der Waals surface area contributed by atoms with E-state index in [1.807, 2.05) is 26.2 Å². The molecule has 0 aliphatic carbocycles. The number of benzene rings is 1. The average Bonchev–Trinajstić information content (AvgIpc) is 3.28. The average molecular weight is 497 g/mol. The number of hydrogen-bond donors (Lipinski definition) is 1. The Kier molecular flexibility index (Phi) is 5.85. The predicted molar refractivity (Wildman–Crippen MR) is 131 cm³/mol. The van der Waals surface area contributed by atoms with Crippen LogP contribution in [0.5, 0.6) is 0 Å². The van der Waals surface area contributed by atoms with Crippen molar-refractivity contribution in [2.75, 3.05) is 30.8 Å². The molecule has 1 fully saturated rings. The minimum Gasteiger partial charge on any atom is -0.398 e. The van der Waals surface area contributed by atoms with Gasteiger partial charge in [0.15, 0.2) is 5.82 Å². The Hall–Kier alpha value is -3.64. The van der Waals surface area contributed by atoms with Crippen molar-refractivity contribution in [2.24, 2.45) is 7.05 Å². The summed E-state index contributed by atoms with van der Waals surface area (Å²) < 4.78 is 42.7. The summed E-state index contributed by atoms with van der Waals surface area (Å²) in [7, 11) is -0.0213. The van der Waals surface area contributed by atoms with Crippen LogP contribution in [0, 0.1) is 5.82 Å². The number of pyridine rings is 1. The fourth-order valence-electron chi connectivity index (χ4n) is 4.58. The lowest BCUT2D eigenvalue weighted by Crippen LogP contribution is -2.46. The van der Waals surface area contributed by atoms with E-state index in [-0.39, 0.29) is 16.6 Å². The molecule has 4 heterocycles. The highest BCUT2D eigenvalue weighted by Crippen LogP contribution is 2.33. The first kappa shape index (κ1) is 23.1. The zero-order valence-corrected chi connectivity index (χ0v) is 20.2. The van der Waals surface area contributed by atoms with Crippen molar-refractivity contribution in [3.05, 3.63) is 54.7 Å². The van der Waals surface area contributed by atoms with Gasteiger partial charge in [-0.05, 0) is 43.2 Å². The summed E-state index contributed by atoms with van der Waals surface area (Å²) in [5.41, 5.74) is 7.24. The summed E-state index contributed by atoms with van der Waals surface area (Å²) in [5.74, 6) is 0.136. The Morgan fingerprint density at radius 2 is 1.86 bits per heavy atom. The third-order valence-corrected chi connectivity index (χ3v) is 8.49. The summed E-state index contributed by atoms with van der Waals surface area (Å²) in [5, 5.41) is 15.0. The van der Waals surface area contributed by atoms with E-state index >= 15 is 0 Å². The second-order valence-electron chi connectivity index (χ2n) is 8.56. The largest absolute Gasteiger partial charge is 0.398 e. The summed E-state index contributed by atoms with van der Waals surface area (Å²) in [6, 6.07) is 7.20. The fourth-order valence-corrected chi connectivity index (χ4v) is 6.14. The van der Waals surface area contributed by atoms with Gasteiger partial charge in [0, 0.05) is 62.6 Å². The Balaban J connectivity index is 1.39. The van der Waals surface area contributed by atoms with Crippen LogP contribution in [-0.2, 0) is 17.1 Å². The van der Waals surface area contributed by atoms with Crippen molar-refractivity contribution >= 4 is 32.3 Å². The van der Waals surface area contributed by atoms with E-state index in [1.54, 1.807) is 23.3 Å². The standard InChI is InChI=1S/C23H25FN8O2S/c1-30(16-7-11-32(12-8-16)35(33,34)21-4-3-15(24)13-19(21)25)23-17-5-9-26-14-18(17)22(28-29-23)20-6-10-27-31(20)2/h3-6,9-10,13-14,16H,7-8,11-12,25H2,1-2H3. The smallest absolute Gasteiger partial charge is 0.245 e. The molecule has 5 rings (SSSR count). The molecule has 182 valence electrons. The number of aromatic nitrogens is 5. The molecule has 0 bridgehead atoms. The van der Waals surface area contributed by atoms with E-state index in [1.165, 1.54) is 10.4 Å². The predicted octanol–water partition coefficient (Wildman–Crippen LogP) is 2.44. The molecular formula is C23H25FN8O2S. The number of fused-ring (bicyclic) bond motifs is 1. The summed E-state index contributed by atoms with van der Waals surface area (Å²) in [6.45, 7) is 0.627. The Bertz CT molecular complexity index is 1500.